The third-order valence-electron chi connectivity index (χ3n) is 5.53. The molecule has 1 heterocycles. The Labute approximate surface area is 192 Å². The summed E-state index contributed by atoms with van der Waals surface area (Å²) in [6.07, 6.45) is 0.709. The highest BCUT2D eigenvalue weighted by Crippen LogP contribution is 2.24. The van der Waals surface area contributed by atoms with Crippen LogP contribution in [-0.4, -0.2) is 25.4 Å². The van der Waals surface area contributed by atoms with E-state index in [0.29, 0.717) is 31.0 Å². The van der Waals surface area contributed by atoms with Gasteiger partial charge in [0.2, 0.25) is 0 Å². The maximum atomic E-state index is 13.2. The minimum Gasteiger partial charge on any atom is -0.478 e. The Hall–Kier alpha value is -3.93. The maximum Gasteiger partial charge on any atom is 0.346 e. The molecule has 0 aliphatic carbocycles. The Kier molecular flexibility index (Phi) is 6.54. The van der Waals surface area contributed by atoms with Crippen molar-refractivity contribution < 1.29 is 9.90 Å². The minimum absolute atomic E-state index is 0.130. The van der Waals surface area contributed by atoms with E-state index in [1.165, 1.54) is 4.68 Å². The number of carbonyl (C=O) groups is 1. The van der Waals surface area contributed by atoms with Crippen LogP contribution >= 0.6 is 0 Å². The Morgan fingerprint density at radius 3 is 2.18 bits per heavy atom. The molecule has 0 saturated carbocycles. The predicted octanol–water partition coefficient (Wildman–Crippen LogP) is 4.71. The van der Waals surface area contributed by atoms with E-state index in [1.54, 1.807) is 22.8 Å². The van der Waals surface area contributed by atoms with Crippen molar-refractivity contribution in [1.29, 1.82) is 0 Å². The summed E-state index contributed by atoms with van der Waals surface area (Å²) in [5, 5.41) is 14.1. The Bertz CT molecular complexity index is 1300. The number of aromatic nitrogens is 3. The first-order valence-corrected chi connectivity index (χ1v) is 11.0. The molecule has 0 fully saturated rings. The van der Waals surface area contributed by atoms with E-state index in [4.69, 9.17) is 0 Å². The molecule has 3 aromatic carbocycles. The lowest BCUT2D eigenvalue weighted by atomic mass is 9.99. The van der Waals surface area contributed by atoms with Crippen LogP contribution in [0.4, 0.5) is 0 Å². The monoisotopic (exact) mass is 441 g/mol. The zero-order chi connectivity index (χ0) is 23.4. The van der Waals surface area contributed by atoms with Gasteiger partial charge in [-0.2, -0.15) is 5.10 Å². The molecule has 1 aromatic heterocycles. The molecule has 6 nitrogen and oxygen atoms in total. The number of benzene rings is 3. The summed E-state index contributed by atoms with van der Waals surface area (Å²) >= 11 is 0. The van der Waals surface area contributed by atoms with Gasteiger partial charge in [0.05, 0.1) is 18.7 Å². The summed E-state index contributed by atoms with van der Waals surface area (Å²) in [5.41, 5.74) is 3.62. The van der Waals surface area contributed by atoms with E-state index < -0.39 is 5.97 Å². The summed E-state index contributed by atoms with van der Waals surface area (Å²) < 4.78 is 3.27. The van der Waals surface area contributed by atoms with E-state index in [1.807, 2.05) is 60.7 Å². The highest BCUT2D eigenvalue weighted by Gasteiger charge is 2.16. The van der Waals surface area contributed by atoms with Gasteiger partial charge in [-0.1, -0.05) is 86.6 Å². The molecule has 1 N–H and O–H groups in total. The zero-order valence-corrected chi connectivity index (χ0v) is 18.8. The summed E-state index contributed by atoms with van der Waals surface area (Å²) in [6, 6.07) is 24.5. The van der Waals surface area contributed by atoms with Crippen molar-refractivity contribution in [2.24, 2.45) is 5.92 Å². The lowest BCUT2D eigenvalue weighted by molar-refractivity contribution is 0.0697. The van der Waals surface area contributed by atoms with Crippen LogP contribution in [0.3, 0.4) is 0 Å². The highest BCUT2D eigenvalue weighted by atomic mass is 16.4. The molecule has 4 aromatic rings. The molecule has 0 atom stereocenters. The average molecular weight is 442 g/mol. The minimum atomic E-state index is -0.953. The summed E-state index contributed by atoms with van der Waals surface area (Å²) in [7, 11) is 0. The zero-order valence-electron chi connectivity index (χ0n) is 18.8. The second kappa shape index (κ2) is 9.69. The number of carboxylic acids is 1. The van der Waals surface area contributed by atoms with E-state index >= 15 is 0 Å². The number of aromatic carboxylic acids is 1. The Balaban J connectivity index is 1.63. The standard InChI is InChI=1S/C27H27N3O3/c1-19(2)16-25-28-30(18-20-8-4-3-5-9-20)27(33)29(25)17-21-12-14-22(15-13-21)23-10-6-7-11-24(23)26(31)32/h3-15,19H,16-18H2,1-2H3,(H,31,32). The molecule has 0 aliphatic heterocycles. The molecule has 0 bridgehead atoms. The molecule has 0 amide bonds. The molecular formula is C27H27N3O3. The first-order valence-electron chi connectivity index (χ1n) is 11.0. The fraction of sp³-hybridized carbons (Fsp3) is 0.222. The van der Waals surface area contributed by atoms with Crippen LogP contribution in [0.25, 0.3) is 11.1 Å². The van der Waals surface area contributed by atoms with Crippen molar-refractivity contribution in [1.82, 2.24) is 14.3 Å². The van der Waals surface area contributed by atoms with Crippen molar-refractivity contribution in [3.63, 3.8) is 0 Å². The third-order valence-corrected chi connectivity index (χ3v) is 5.53. The summed E-state index contributed by atoms with van der Waals surface area (Å²) in [4.78, 5) is 24.7. The van der Waals surface area contributed by atoms with Crippen LogP contribution in [0.5, 0.6) is 0 Å². The first kappa shape index (κ1) is 22.3. The van der Waals surface area contributed by atoms with Crippen LogP contribution in [-0.2, 0) is 19.5 Å². The van der Waals surface area contributed by atoms with Gasteiger partial charge in [0.1, 0.15) is 5.82 Å². The maximum absolute atomic E-state index is 13.2. The highest BCUT2D eigenvalue weighted by molar-refractivity contribution is 5.95. The molecule has 168 valence electrons. The van der Waals surface area contributed by atoms with Gasteiger partial charge >= 0.3 is 11.7 Å². The van der Waals surface area contributed by atoms with Crippen LogP contribution < -0.4 is 5.69 Å². The van der Waals surface area contributed by atoms with Crippen LogP contribution in [0, 0.1) is 5.92 Å². The van der Waals surface area contributed by atoms with Gasteiger partial charge in [-0.15, -0.1) is 0 Å². The first-order chi connectivity index (χ1) is 15.9. The third kappa shape index (κ3) is 5.12. The van der Waals surface area contributed by atoms with Crippen molar-refractivity contribution in [2.45, 2.75) is 33.4 Å². The molecule has 33 heavy (non-hydrogen) atoms. The van der Waals surface area contributed by atoms with E-state index in [-0.39, 0.29) is 11.3 Å². The lowest BCUT2D eigenvalue weighted by Gasteiger charge is -2.10. The van der Waals surface area contributed by atoms with Gasteiger partial charge in [0, 0.05) is 6.42 Å². The number of carboxylic acid groups (broad SMARTS) is 1. The Morgan fingerprint density at radius 2 is 1.52 bits per heavy atom. The number of hydrogen-bond donors (Lipinski definition) is 1. The molecule has 0 radical (unpaired) electrons. The van der Waals surface area contributed by atoms with Gasteiger partial charge in [0.15, 0.2) is 0 Å². The molecular weight excluding hydrogens is 414 g/mol. The topological polar surface area (TPSA) is 77.1 Å². The fourth-order valence-electron chi connectivity index (χ4n) is 3.91. The summed E-state index contributed by atoms with van der Waals surface area (Å²) in [5.74, 6) is 0.183. The second-order valence-electron chi connectivity index (χ2n) is 8.57. The SMILES string of the molecule is CC(C)Cc1nn(Cc2ccccc2)c(=O)n1Cc1ccc(-c2ccccc2C(=O)O)cc1. The van der Waals surface area contributed by atoms with E-state index in [0.717, 1.165) is 22.5 Å². The van der Waals surface area contributed by atoms with Crippen molar-refractivity contribution in [3.8, 4) is 11.1 Å². The van der Waals surface area contributed by atoms with Crippen LogP contribution in [0.2, 0.25) is 0 Å². The van der Waals surface area contributed by atoms with E-state index in [9.17, 15) is 14.7 Å². The molecule has 4 rings (SSSR count). The molecule has 6 heteroatoms. The van der Waals surface area contributed by atoms with Gasteiger partial charge in [0.25, 0.3) is 0 Å². The lowest BCUT2D eigenvalue weighted by Crippen LogP contribution is -2.26. The number of nitrogens with zero attached hydrogens (tertiary/aromatic N) is 3. The van der Waals surface area contributed by atoms with Crippen molar-refractivity contribution >= 4 is 5.97 Å². The smallest absolute Gasteiger partial charge is 0.346 e. The average Bonchev–Trinajstić information content (AvgIpc) is 3.08. The second-order valence-corrected chi connectivity index (χ2v) is 8.57. The van der Waals surface area contributed by atoms with E-state index in [2.05, 4.69) is 18.9 Å². The van der Waals surface area contributed by atoms with Gasteiger partial charge in [-0.05, 0) is 34.2 Å². The van der Waals surface area contributed by atoms with Crippen LogP contribution in [0.1, 0.15) is 41.2 Å². The van der Waals surface area contributed by atoms with Crippen LogP contribution in [0.15, 0.2) is 83.7 Å². The quantitative estimate of drug-likeness (QED) is 0.430. The molecule has 0 unspecified atom stereocenters. The number of hydrogen-bond acceptors (Lipinski definition) is 3. The molecule has 0 aliphatic rings. The van der Waals surface area contributed by atoms with Gasteiger partial charge in [-0.25, -0.2) is 14.3 Å². The van der Waals surface area contributed by atoms with Gasteiger partial charge in [-0.3, -0.25) is 4.57 Å². The van der Waals surface area contributed by atoms with Crippen molar-refractivity contribution in [2.75, 3.05) is 0 Å². The summed E-state index contributed by atoms with van der Waals surface area (Å²) in [6.45, 7) is 5.07. The predicted molar refractivity (Wildman–Crippen MR) is 129 cm³/mol. The van der Waals surface area contributed by atoms with Crippen molar-refractivity contribution in [3.05, 3.63) is 112 Å². The number of rotatable bonds is 8. The fourth-order valence-corrected chi connectivity index (χ4v) is 3.91. The largest absolute Gasteiger partial charge is 0.478 e. The Morgan fingerprint density at radius 1 is 0.879 bits per heavy atom. The molecule has 0 spiro atoms. The normalized spacial score (nSPS) is 11.1. The molecule has 0 saturated heterocycles. The van der Waals surface area contributed by atoms with Gasteiger partial charge < -0.3 is 5.11 Å².